The smallest absolute Gasteiger partial charge is 0.312 e. The maximum atomic E-state index is 11.9. The molecule has 0 amide bonds. The van der Waals surface area contributed by atoms with Gasteiger partial charge in [-0.3, -0.25) is 10.2 Å². The Morgan fingerprint density at radius 1 is 1.50 bits per heavy atom. The van der Waals surface area contributed by atoms with Crippen LogP contribution < -0.4 is 15.6 Å². The zero-order valence-electron chi connectivity index (χ0n) is 10.6. The fourth-order valence-electron chi connectivity index (χ4n) is 2.12. The van der Waals surface area contributed by atoms with Crippen LogP contribution in [0.3, 0.4) is 0 Å². The molecule has 0 spiro atoms. The first-order valence-electron chi connectivity index (χ1n) is 6.05. The Kier molecular flexibility index (Phi) is 4.17. The summed E-state index contributed by atoms with van der Waals surface area (Å²) >= 11 is 0. The number of carbonyl (C=O) groups excluding carboxylic acids is 1. The van der Waals surface area contributed by atoms with Crippen molar-refractivity contribution in [3.8, 4) is 5.75 Å². The molecule has 1 aromatic carbocycles. The van der Waals surface area contributed by atoms with Gasteiger partial charge in [0.1, 0.15) is 5.75 Å². The summed E-state index contributed by atoms with van der Waals surface area (Å²) in [5, 5.41) is 0. The molecular formula is C13H18N2O3. The van der Waals surface area contributed by atoms with E-state index in [0.29, 0.717) is 13.2 Å². The molecule has 1 aromatic rings. The van der Waals surface area contributed by atoms with Crippen LogP contribution in [0.4, 0.5) is 0 Å². The molecular weight excluding hydrogens is 232 g/mol. The minimum absolute atomic E-state index is 0.0841. The summed E-state index contributed by atoms with van der Waals surface area (Å²) in [6.07, 6.45) is 0. The van der Waals surface area contributed by atoms with Crippen molar-refractivity contribution in [2.24, 2.45) is 5.92 Å². The molecule has 5 nitrogen and oxygen atoms in total. The zero-order valence-corrected chi connectivity index (χ0v) is 10.6. The lowest BCUT2D eigenvalue weighted by molar-refractivity contribution is -0.147. The minimum Gasteiger partial charge on any atom is -0.497 e. The molecule has 2 unspecified atom stereocenters. The molecule has 5 heteroatoms. The molecule has 2 atom stereocenters. The van der Waals surface area contributed by atoms with Crippen molar-refractivity contribution in [1.29, 1.82) is 0 Å². The highest BCUT2D eigenvalue weighted by molar-refractivity contribution is 5.74. The van der Waals surface area contributed by atoms with Crippen molar-refractivity contribution >= 4 is 5.97 Å². The summed E-state index contributed by atoms with van der Waals surface area (Å²) in [6.45, 7) is 2.79. The molecule has 1 fully saturated rings. The van der Waals surface area contributed by atoms with Gasteiger partial charge in [0, 0.05) is 6.54 Å². The van der Waals surface area contributed by atoms with Crippen molar-refractivity contribution in [2.45, 2.75) is 13.0 Å². The van der Waals surface area contributed by atoms with E-state index in [2.05, 4.69) is 10.9 Å². The molecule has 2 rings (SSSR count). The second kappa shape index (κ2) is 5.84. The first-order chi connectivity index (χ1) is 8.76. The summed E-state index contributed by atoms with van der Waals surface area (Å²) < 4.78 is 10.3. The predicted molar refractivity (Wildman–Crippen MR) is 67.0 cm³/mol. The maximum absolute atomic E-state index is 11.9. The van der Waals surface area contributed by atoms with Crippen molar-refractivity contribution in [1.82, 2.24) is 10.9 Å². The Morgan fingerprint density at radius 3 is 3.06 bits per heavy atom. The number of ether oxygens (including phenoxy) is 2. The average molecular weight is 250 g/mol. The molecule has 1 aliphatic heterocycles. The third-order valence-electron chi connectivity index (χ3n) is 3.02. The van der Waals surface area contributed by atoms with Gasteiger partial charge >= 0.3 is 5.97 Å². The van der Waals surface area contributed by atoms with Crippen molar-refractivity contribution < 1.29 is 14.3 Å². The fourth-order valence-corrected chi connectivity index (χ4v) is 2.12. The molecule has 0 bridgehead atoms. The van der Waals surface area contributed by atoms with Gasteiger partial charge in [-0.05, 0) is 24.6 Å². The number of carbonyl (C=O) groups is 1. The minimum atomic E-state index is -0.211. The molecule has 2 N–H and O–H groups in total. The van der Waals surface area contributed by atoms with Crippen LogP contribution in [0.1, 0.15) is 18.5 Å². The summed E-state index contributed by atoms with van der Waals surface area (Å²) in [6, 6.07) is 7.61. The van der Waals surface area contributed by atoms with Crippen molar-refractivity contribution in [2.75, 3.05) is 20.3 Å². The first kappa shape index (κ1) is 12.9. The zero-order chi connectivity index (χ0) is 13.0. The third-order valence-corrected chi connectivity index (χ3v) is 3.02. The summed E-state index contributed by atoms with van der Waals surface area (Å²) in [5.41, 5.74) is 7.12. The Balaban J connectivity index is 2.17. The molecule has 18 heavy (non-hydrogen) atoms. The third kappa shape index (κ3) is 2.63. The number of esters is 1. The SMILES string of the molecule is CCOC(=O)C1CNNC1c1cccc(OC)c1. The lowest BCUT2D eigenvalue weighted by Crippen LogP contribution is -2.27. The molecule has 1 aliphatic rings. The van der Waals surface area contributed by atoms with E-state index in [1.54, 1.807) is 7.11 Å². The van der Waals surface area contributed by atoms with Crippen molar-refractivity contribution in [3.05, 3.63) is 29.8 Å². The van der Waals surface area contributed by atoms with Gasteiger partial charge in [-0.15, -0.1) is 0 Å². The largest absolute Gasteiger partial charge is 0.497 e. The molecule has 0 radical (unpaired) electrons. The van der Waals surface area contributed by atoms with E-state index in [-0.39, 0.29) is 17.9 Å². The maximum Gasteiger partial charge on any atom is 0.312 e. The Labute approximate surface area is 106 Å². The number of hydrogen-bond donors (Lipinski definition) is 2. The Hall–Kier alpha value is -1.59. The van der Waals surface area contributed by atoms with Crippen LogP contribution in [-0.4, -0.2) is 26.2 Å². The fraction of sp³-hybridized carbons (Fsp3) is 0.462. The lowest BCUT2D eigenvalue weighted by Gasteiger charge is -2.17. The number of hydrazine groups is 1. The van der Waals surface area contributed by atoms with E-state index >= 15 is 0 Å². The van der Waals surface area contributed by atoms with Crippen LogP contribution in [0.5, 0.6) is 5.75 Å². The van der Waals surface area contributed by atoms with Crippen LogP contribution in [0.25, 0.3) is 0 Å². The van der Waals surface area contributed by atoms with E-state index in [1.165, 1.54) is 0 Å². The highest BCUT2D eigenvalue weighted by Gasteiger charge is 2.35. The normalized spacial score (nSPS) is 22.8. The second-order valence-electron chi connectivity index (χ2n) is 4.14. The molecule has 0 aliphatic carbocycles. The second-order valence-corrected chi connectivity index (χ2v) is 4.14. The summed E-state index contributed by atoms with van der Waals surface area (Å²) in [5.74, 6) is 0.392. The highest BCUT2D eigenvalue weighted by Crippen LogP contribution is 2.28. The van der Waals surface area contributed by atoms with Crippen LogP contribution in [0.15, 0.2) is 24.3 Å². The average Bonchev–Trinajstić information content (AvgIpc) is 2.88. The summed E-state index contributed by atoms with van der Waals surface area (Å²) in [7, 11) is 1.63. The summed E-state index contributed by atoms with van der Waals surface area (Å²) in [4.78, 5) is 11.9. The molecule has 0 saturated carbocycles. The number of rotatable bonds is 4. The van der Waals surface area contributed by atoms with Crippen LogP contribution >= 0.6 is 0 Å². The predicted octanol–water partition coefficient (Wildman–Crippen LogP) is 1.02. The van der Waals surface area contributed by atoms with Crippen LogP contribution in [-0.2, 0) is 9.53 Å². The van der Waals surface area contributed by atoms with Gasteiger partial charge in [-0.2, -0.15) is 0 Å². The highest BCUT2D eigenvalue weighted by atomic mass is 16.5. The van der Waals surface area contributed by atoms with Gasteiger partial charge in [-0.25, -0.2) is 5.43 Å². The molecule has 1 saturated heterocycles. The van der Waals surface area contributed by atoms with Gasteiger partial charge in [0.05, 0.1) is 25.7 Å². The number of methoxy groups -OCH3 is 1. The molecule has 1 heterocycles. The standard InChI is InChI=1S/C13H18N2O3/c1-3-18-13(16)11-8-14-15-12(11)9-5-4-6-10(7-9)17-2/h4-7,11-12,14-15H,3,8H2,1-2H3. The van der Waals surface area contributed by atoms with E-state index in [9.17, 15) is 4.79 Å². The number of hydrogen-bond acceptors (Lipinski definition) is 5. The van der Waals surface area contributed by atoms with Gasteiger partial charge in [0.2, 0.25) is 0 Å². The Morgan fingerprint density at radius 2 is 2.33 bits per heavy atom. The van der Waals surface area contributed by atoms with Gasteiger partial charge in [0.15, 0.2) is 0 Å². The van der Waals surface area contributed by atoms with Gasteiger partial charge in [0.25, 0.3) is 0 Å². The van der Waals surface area contributed by atoms with E-state index in [0.717, 1.165) is 11.3 Å². The quantitative estimate of drug-likeness (QED) is 0.781. The molecule has 0 aromatic heterocycles. The van der Waals surface area contributed by atoms with Crippen molar-refractivity contribution in [3.63, 3.8) is 0 Å². The topological polar surface area (TPSA) is 59.6 Å². The van der Waals surface area contributed by atoms with Crippen LogP contribution in [0.2, 0.25) is 0 Å². The van der Waals surface area contributed by atoms with E-state index in [1.807, 2.05) is 31.2 Å². The first-order valence-corrected chi connectivity index (χ1v) is 6.05. The van der Waals surface area contributed by atoms with E-state index < -0.39 is 0 Å². The lowest BCUT2D eigenvalue weighted by atomic mass is 9.95. The Bertz CT molecular complexity index is 422. The van der Waals surface area contributed by atoms with Gasteiger partial charge in [-0.1, -0.05) is 12.1 Å². The molecule has 98 valence electrons. The number of benzene rings is 1. The monoisotopic (exact) mass is 250 g/mol. The number of nitrogens with one attached hydrogen (secondary N) is 2. The van der Waals surface area contributed by atoms with E-state index in [4.69, 9.17) is 9.47 Å². The van der Waals surface area contributed by atoms with Gasteiger partial charge < -0.3 is 9.47 Å². The van der Waals surface area contributed by atoms with Crippen LogP contribution in [0, 0.1) is 5.92 Å².